The zero-order valence-electron chi connectivity index (χ0n) is 13.0. The van der Waals surface area contributed by atoms with Crippen LogP contribution in [0.1, 0.15) is 43.2 Å². The van der Waals surface area contributed by atoms with Gasteiger partial charge in [-0.25, -0.2) is 0 Å². The Bertz CT molecular complexity index is 549. The van der Waals surface area contributed by atoms with Crippen LogP contribution in [0, 0.1) is 5.92 Å². The van der Waals surface area contributed by atoms with Crippen molar-refractivity contribution in [1.29, 1.82) is 0 Å². The summed E-state index contributed by atoms with van der Waals surface area (Å²) >= 11 is 0. The lowest BCUT2D eigenvalue weighted by Crippen LogP contribution is -2.36. The number of hydrogen-bond acceptors (Lipinski definition) is 1. The molecule has 0 radical (unpaired) electrons. The van der Waals surface area contributed by atoms with Crippen molar-refractivity contribution < 1.29 is 0 Å². The topological polar surface area (TPSA) is 12.0 Å². The smallest absolute Gasteiger partial charge is 0.0167 e. The molecule has 0 aromatic heterocycles. The van der Waals surface area contributed by atoms with Crippen molar-refractivity contribution in [3.63, 3.8) is 0 Å². The van der Waals surface area contributed by atoms with Crippen molar-refractivity contribution in [1.82, 2.24) is 5.32 Å². The molecule has 1 aliphatic rings. The van der Waals surface area contributed by atoms with Crippen molar-refractivity contribution >= 4 is 0 Å². The van der Waals surface area contributed by atoms with Crippen LogP contribution in [0.5, 0.6) is 0 Å². The molecule has 1 fully saturated rings. The lowest BCUT2D eigenvalue weighted by atomic mass is 9.89. The second-order valence-electron chi connectivity index (χ2n) is 6.20. The van der Waals surface area contributed by atoms with Gasteiger partial charge in [0.1, 0.15) is 0 Å². The first-order valence-electron chi connectivity index (χ1n) is 8.14. The van der Waals surface area contributed by atoms with E-state index in [-0.39, 0.29) is 0 Å². The summed E-state index contributed by atoms with van der Waals surface area (Å²) in [5, 5.41) is 3.74. The zero-order valence-corrected chi connectivity index (χ0v) is 13.0. The van der Waals surface area contributed by atoms with E-state index >= 15 is 0 Å². The lowest BCUT2D eigenvalue weighted by Gasteiger charge is -2.26. The second-order valence-corrected chi connectivity index (χ2v) is 6.20. The van der Waals surface area contributed by atoms with E-state index in [4.69, 9.17) is 0 Å². The van der Waals surface area contributed by atoms with E-state index in [0.29, 0.717) is 12.0 Å². The third-order valence-electron chi connectivity index (χ3n) is 4.83. The van der Waals surface area contributed by atoms with Gasteiger partial charge in [-0.15, -0.1) is 0 Å². The summed E-state index contributed by atoms with van der Waals surface area (Å²) in [7, 11) is 0. The minimum absolute atomic E-state index is 0.560. The Labute approximate surface area is 128 Å². The van der Waals surface area contributed by atoms with Crippen LogP contribution in [0.15, 0.2) is 60.7 Å². The SMILES string of the molecule is CCNC(C(C)c1ccccc1)C1CC1c1ccccc1. The average Bonchev–Trinajstić information content (AvgIpc) is 3.34. The molecule has 3 rings (SSSR count). The van der Waals surface area contributed by atoms with Gasteiger partial charge in [0, 0.05) is 6.04 Å². The number of nitrogens with one attached hydrogen (secondary N) is 1. The second kappa shape index (κ2) is 6.44. The Kier molecular flexibility index (Phi) is 4.40. The van der Waals surface area contributed by atoms with Crippen LogP contribution >= 0.6 is 0 Å². The molecule has 4 unspecified atom stereocenters. The molecule has 0 aliphatic heterocycles. The molecule has 0 saturated heterocycles. The first-order chi connectivity index (χ1) is 10.3. The van der Waals surface area contributed by atoms with Gasteiger partial charge in [0.15, 0.2) is 0 Å². The molecule has 2 aromatic rings. The van der Waals surface area contributed by atoms with Crippen LogP contribution in [0.4, 0.5) is 0 Å². The molecule has 1 saturated carbocycles. The van der Waals surface area contributed by atoms with Crippen LogP contribution in [0.25, 0.3) is 0 Å². The maximum Gasteiger partial charge on any atom is 0.0167 e. The summed E-state index contributed by atoms with van der Waals surface area (Å²) in [5.74, 6) is 2.06. The van der Waals surface area contributed by atoms with Crippen LogP contribution in [-0.4, -0.2) is 12.6 Å². The minimum Gasteiger partial charge on any atom is -0.313 e. The first-order valence-corrected chi connectivity index (χ1v) is 8.14. The third-order valence-corrected chi connectivity index (χ3v) is 4.83. The normalized spacial score (nSPS) is 23.5. The van der Waals surface area contributed by atoms with Gasteiger partial charge in [0.25, 0.3) is 0 Å². The van der Waals surface area contributed by atoms with E-state index in [2.05, 4.69) is 79.8 Å². The quantitative estimate of drug-likeness (QED) is 0.816. The highest BCUT2D eigenvalue weighted by molar-refractivity contribution is 5.29. The highest BCUT2D eigenvalue weighted by Crippen LogP contribution is 2.52. The fraction of sp³-hybridized carbons (Fsp3) is 0.400. The predicted octanol–water partition coefficient (Wildman–Crippen LogP) is 4.57. The van der Waals surface area contributed by atoms with E-state index in [0.717, 1.165) is 18.4 Å². The molecule has 0 spiro atoms. The summed E-state index contributed by atoms with van der Waals surface area (Å²) in [5.41, 5.74) is 2.95. The number of hydrogen-bond donors (Lipinski definition) is 1. The summed E-state index contributed by atoms with van der Waals surface area (Å²) in [6, 6.07) is 22.5. The van der Waals surface area contributed by atoms with E-state index in [1.165, 1.54) is 17.5 Å². The number of likely N-dealkylation sites (N-methyl/N-ethyl adjacent to an activating group) is 1. The first kappa shape index (κ1) is 14.3. The Balaban J connectivity index is 1.74. The maximum absolute atomic E-state index is 3.74. The van der Waals surface area contributed by atoms with Gasteiger partial charge >= 0.3 is 0 Å². The lowest BCUT2D eigenvalue weighted by molar-refractivity contribution is 0.410. The monoisotopic (exact) mass is 279 g/mol. The van der Waals surface area contributed by atoms with Crippen LogP contribution in [0.2, 0.25) is 0 Å². The summed E-state index contributed by atoms with van der Waals surface area (Å²) in [4.78, 5) is 0. The fourth-order valence-electron chi connectivity index (χ4n) is 3.59. The fourth-order valence-corrected chi connectivity index (χ4v) is 3.59. The van der Waals surface area contributed by atoms with Crippen molar-refractivity contribution in [3.05, 3.63) is 71.8 Å². The molecule has 4 atom stereocenters. The van der Waals surface area contributed by atoms with Crippen molar-refractivity contribution in [2.45, 2.75) is 38.1 Å². The number of benzene rings is 2. The van der Waals surface area contributed by atoms with E-state index in [1.807, 2.05) is 0 Å². The van der Waals surface area contributed by atoms with E-state index in [9.17, 15) is 0 Å². The van der Waals surface area contributed by atoms with Gasteiger partial charge in [0.2, 0.25) is 0 Å². The predicted molar refractivity (Wildman–Crippen MR) is 89.6 cm³/mol. The van der Waals surface area contributed by atoms with Gasteiger partial charge in [-0.3, -0.25) is 0 Å². The molecular weight excluding hydrogens is 254 g/mol. The van der Waals surface area contributed by atoms with Gasteiger partial charge in [-0.1, -0.05) is 74.5 Å². The zero-order chi connectivity index (χ0) is 14.7. The highest BCUT2D eigenvalue weighted by Gasteiger charge is 2.45. The molecule has 1 heteroatoms. The number of rotatable bonds is 6. The Morgan fingerprint density at radius 2 is 1.62 bits per heavy atom. The molecule has 0 amide bonds. The minimum atomic E-state index is 0.560. The largest absolute Gasteiger partial charge is 0.313 e. The van der Waals surface area contributed by atoms with Gasteiger partial charge in [-0.2, -0.15) is 0 Å². The van der Waals surface area contributed by atoms with Gasteiger partial charge < -0.3 is 5.32 Å². The van der Waals surface area contributed by atoms with Gasteiger partial charge in [0.05, 0.1) is 0 Å². The molecular formula is C20H25N. The van der Waals surface area contributed by atoms with Crippen molar-refractivity contribution in [2.24, 2.45) is 5.92 Å². The van der Waals surface area contributed by atoms with Crippen LogP contribution < -0.4 is 5.32 Å². The molecule has 21 heavy (non-hydrogen) atoms. The summed E-state index contributed by atoms with van der Waals surface area (Å²) in [6.07, 6.45) is 1.32. The Hall–Kier alpha value is -1.60. The van der Waals surface area contributed by atoms with Crippen LogP contribution in [0.3, 0.4) is 0 Å². The maximum atomic E-state index is 3.74. The molecule has 1 nitrogen and oxygen atoms in total. The van der Waals surface area contributed by atoms with Crippen LogP contribution in [-0.2, 0) is 0 Å². The summed E-state index contributed by atoms with van der Waals surface area (Å²) in [6.45, 7) is 5.62. The molecule has 0 bridgehead atoms. The standard InChI is InChI=1S/C20H25N/c1-3-21-20(15(2)16-10-6-4-7-11-16)19-14-18(19)17-12-8-5-9-13-17/h4-13,15,18-21H,3,14H2,1-2H3. The molecule has 1 N–H and O–H groups in total. The molecule has 110 valence electrons. The summed E-state index contributed by atoms with van der Waals surface area (Å²) < 4.78 is 0. The highest BCUT2D eigenvalue weighted by atomic mass is 14.9. The average molecular weight is 279 g/mol. The Morgan fingerprint density at radius 3 is 2.24 bits per heavy atom. The Morgan fingerprint density at radius 1 is 1.00 bits per heavy atom. The molecule has 2 aromatic carbocycles. The molecule has 0 heterocycles. The van der Waals surface area contributed by atoms with E-state index < -0.39 is 0 Å². The van der Waals surface area contributed by atoms with Gasteiger partial charge in [-0.05, 0) is 41.8 Å². The van der Waals surface area contributed by atoms with Crippen molar-refractivity contribution in [2.75, 3.05) is 6.54 Å². The molecule has 1 aliphatic carbocycles. The third kappa shape index (κ3) is 3.19. The van der Waals surface area contributed by atoms with Crippen molar-refractivity contribution in [3.8, 4) is 0 Å². The van der Waals surface area contributed by atoms with E-state index in [1.54, 1.807) is 0 Å².